The number of nitrogens with zero attached hydrogens (tertiary/aromatic N) is 5. The van der Waals surface area contributed by atoms with Crippen molar-refractivity contribution in [2.24, 2.45) is 0 Å². The van der Waals surface area contributed by atoms with Gasteiger partial charge in [-0.25, -0.2) is 9.97 Å². The lowest BCUT2D eigenvalue weighted by atomic mass is 10.2. The number of carbonyl (C=O) groups excluding carboxylic acids is 1. The Labute approximate surface area is 121 Å². The summed E-state index contributed by atoms with van der Waals surface area (Å²) in [6.45, 7) is 4.80. The normalized spacial score (nSPS) is 15.4. The molecule has 0 unspecified atom stereocenters. The van der Waals surface area contributed by atoms with E-state index in [2.05, 4.69) is 19.2 Å². The van der Waals surface area contributed by atoms with Crippen molar-refractivity contribution in [3.8, 4) is 0 Å². The lowest BCUT2D eigenvalue weighted by Crippen LogP contribution is -2.49. The molecule has 7 heteroatoms. The number of rotatable bonds is 2. The first-order valence-electron chi connectivity index (χ1n) is 6.48. The van der Waals surface area contributed by atoms with Crippen LogP contribution in [0.2, 0.25) is 0 Å². The lowest BCUT2D eigenvalue weighted by molar-refractivity contribution is 0.0741. The molecular weight excluding hydrogens is 274 g/mol. The zero-order valence-electron chi connectivity index (χ0n) is 11.2. The number of aryl methyl sites for hydroxylation is 1. The molecule has 0 aromatic carbocycles. The van der Waals surface area contributed by atoms with Crippen molar-refractivity contribution in [2.75, 3.05) is 31.1 Å². The number of hydrogen-bond acceptors (Lipinski definition) is 6. The lowest BCUT2D eigenvalue weighted by Gasteiger charge is -2.34. The fraction of sp³-hybridized carbons (Fsp3) is 0.385. The van der Waals surface area contributed by atoms with Crippen LogP contribution in [0.1, 0.15) is 15.4 Å². The smallest absolute Gasteiger partial charge is 0.273 e. The van der Waals surface area contributed by atoms with E-state index < -0.39 is 0 Å². The minimum absolute atomic E-state index is 0.0166. The molecule has 0 aliphatic carbocycles. The van der Waals surface area contributed by atoms with Crippen molar-refractivity contribution in [1.29, 1.82) is 0 Å². The van der Waals surface area contributed by atoms with Gasteiger partial charge in [0.05, 0.1) is 0 Å². The first kappa shape index (κ1) is 13.0. The van der Waals surface area contributed by atoms with Crippen molar-refractivity contribution < 1.29 is 4.79 Å². The highest BCUT2D eigenvalue weighted by atomic mass is 32.1. The molecule has 3 rings (SSSR count). The van der Waals surface area contributed by atoms with Gasteiger partial charge in [0.15, 0.2) is 0 Å². The van der Waals surface area contributed by atoms with Crippen LogP contribution in [-0.4, -0.2) is 51.3 Å². The van der Waals surface area contributed by atoms with E-state index in [0.29, 0.717) is 18.8 Å². The van der Waals surface area contributed by atoms with Crippen LogP contribution in [0, 0.1) is 6.92 Å². The van der Waals surface area contributed by atoms with E-state index in [0.717, 1.165) is 23.9 Å². The van der Waals surface area contributed by atoms with Gasteiger partial charge in [-0.1, -0.05) is 0 Å². The van der Waals surface area contributed by atoms with Gasteiger partial charge in [0, 0.05) is 43.4 Å². The molecule has 0 bridgehead atoms. The minimum Gasteiger partial charge on any atom is -0.337 e. The number of piperazine rings is 1. The topological polar surface area (TPSA) is 62.2 Å². The van der Waals surface area contributed by atoms with Crippen LogP contribution < -0.4 is 4.90 Å². The van der Waals surface area contributed by atoms with Crippen molar-refractivity contribution in [1.82, 2.24) is 19.2 Å². The van der Waals surface area contributed by atoms with E-state index in [1.54, 1.807) is 18.5 Å². The molecule has 1 aliphatic rings. The molecule has 0 radical (unpaired) electrons. The summed E-state index contributed by atoms with van der Waals surface area (Å²) >= 11 is 1.37. The Morgan fingerprint density at radius 2 is 1.90 bits per heavy atom. The Morgan fingerprint density at radius 1 is 1.20 bits per heavy atom. The quantitative estimate of drug-likeness (QED) is 0.831. The van der Waals surface area contributed by atoms with Crippen molar-refractivity contribution >= 4 is 23.4 Å². The summed E-state index contributed by atoms with van der Waals surface area (Å²) in [6.07, 6.45) is 3.47. The SMILES string of the molecule is Cc1cc(C(=O)N2CCN(c3ncccn3)CC2)ns1. The molecule has 6 nitrogen and oxygen atoms in total. The molecular formula is C13H15N5OS. The summed E-state index contributed by atoms with van der Waals surface area (Å²) in [5.41, 5.74) is 0.553. The molecule has 104 valence electrons. The summed E-state index contributed by atoms with van der Waals surface area (Å²) in [4.78, 5) is 25.7. The average Bonchev–Trinajstić information content (AvgIpc) is 2.94. The van der Waals surface area contributed by atoms with Crippen LogP contribution in [0.5, 0.6) is 0 Å². The van der Waals surface area contributed by atoms with Crippen LogP contribution in [-0.2, 0) is 0 Å². The summed E-state index contributed by atoms with van der Waals surface area (Å²) in [5, 5.41) is 0. The van der Waals surface area contributed by atoms with Gasteiger partial charge in [-0.2, -0.15) is 4.37 Å². The maximum atomic E-state index is 12.3. The van der Waals surface area contributed by atoms with Crippen molar-refractivity contribution in [2.45, 2.75) is 6.92 Å². The highest BCUT2D eigenvalue weighted by Gasteiger charge is 2.24. The van der Waals surface area contributed by atoms with Crippen LogP contribution in [0.4, 0.5) is 5.95 Å². The minimum atomic E-state index is 0.0166. The predicted octanol–water partition coefficient (Wildman–Crippen LogP) is 1.20. The fourth-order valence-corrected chi connectivity index (χ4v) is 2.73. The van der Waals surface area contributed by atoms with Crippen LogP contribution >= 0.6 is 11.5 Å². The van der Waals surface area contributed by atoms with E-state index in [9.17, 15) is 4.79 Å². The molecule has 0 N–H and O–H groups in total. The van der Waals surface area contributed by atoms with E-state index >= 15 is 0 Å². The highest BCUT2D eigenvalue weighted by molar-refractivity contribution is 7.05. The van der Waals surface area contributed by atoms with E-state index in [-0.39, 0.29) is 5.91 Å². The molecule has 0 spiro atoms. The summed E-state index contributed by atoms with van der Waals surface area (Å²) in [7, 11) is 0. The molecule has 2 aromatic rings. The van der Waals surface area contributed by atoms with Gasteiger partial charge in [-0.15, -0.1) is 0 Å². The van der Waals surface area contributed by atoms with Crippen LogP contribution in [0.3, 0.4) is 0 Å². The van der Waals surface area contributed by atoms with Crippen LogP contribution in [0.15, 0.2) is 24.5 Å². The third kappa shape index (κ3) is 2.62. The fourth-order valence-electron chi connectivity index (χ4n) is 2.19. The number of hydrogen-bond donors (Lipinski definition) is 0. The molecule has 1 aliphatic heterocycles. The Hall–Kier alpha value is -2.02. The largest absolute Gasteiger partial charge is 0.337 e. The molecule has 1 fully saturated rings. The van der Waals surface area contributed by atoms with Gasteiger partial charge in [-0.05, 0) is 30.6 Å². The summed E-state index contributed by atoms with van der Waals surface area (Å²) in [6, 6.07) is 3.65. The molecule has 1 saturated heterocycles. The van der Waals surface area contributed by atoms with Gasteiger partial charge < -0.3 is 9.80 Å². The van der Waals surface area contributed by atoms with Crippen molar-refractivity contribution in [3.05, 3.63) is 35.1 Å². The first-order valence-corrected chi connectivity index (χ1v) is 7.26. The predicted molar refractivity (Wildman–Crippen MR) is 77.0 cm³/mol. The Bertz CT molecular complexity index is 592. The van der Waals surface area contributed by atoms with Gasteiger partial charge in [0.1, 0.15) is 5.69 Å². The number of aromatic nitrogens is 3. The molecule has 2 aromatic heterocycles. The number of carbonyl (C=O) groups is 1. The van der Waals surface area contributed by atoms with E-state index in [1.165, 1.54) is 11.5 Å². The average molecular weight is 289 g/mol. The first-order chi connectivity index (χ1) is 9.74. The highest BCUT2D eigenvalue weighted by Crippen LogP contribution is 2.14. The Morgan fingerprint density at radius 3 is 2.50 bits per heavy atom. The second-order valence-corrected chi connectivity index (χ2v) is 5.66. The molecule has 1 amide bonds. The third-order valence-corrected chi connectivity index (χ3v) is 3.94. The summed E-state index contributed by atoms with van der Waals surface area (Å²) < 4.78 is 4.18. The van der Waals surface area contributed by atoms with Gasteiger partial charge in [0.25, 0.3) is 5.91 Å². The second kappa shape index (κ2) is 5.54. The Balaban J connectivity index is 1.63. The maximum absolute atomic E-state index is 12.3. The van der Waals surface area contributed by atoms with Gasteiger partial charge in [-0.3, -0.25) is 4.79 Å². The third-order valence-electron chi connectivity index (χ3n) is 3.25. The number of anilines is 1. The number of amides is 1. The zero-order valence-corrected chi connectivity index (χ0v) is 12.0. The monoisotopic (exact) mass is 289 g/mol. The Kier molecular flexibility index (Phi) is 3.60. The standard InChI is InChI=1S/C13H15N5OS/c1-10-9-11(16-20-10)12(19)17-5-7-18(8-6-17)13-14-3-2-4-15-13/h2-4,9H,5-8H2,1H3. The molecule has 20 heavy (non-hydrogen) atoms. The molecule has 0 saturated carbocycles. The van der Waals surface area contributed by atoms with Gasteiger partial charge >= 0.3 is 0 Å². The molecule has 0 atom stereocenters. The second-order valence-electron chi connectivity index (χ2n) is 4.65. The van der Waals surface area contributed by atoms with E-state index in [4.69, 9.17) is 0 Å². The van der Waals surface area contributed by atoms with Crippen molar-refractivity contribution in [3.63, 3.8) is 0 Å². The van der Waals surface area contributed by atoms with Gasteiger partial charge in [0.2, 0.25) is 5.95 Å². The maximum Gasteiger partial charge on any atom is 0.273 e. The molecule has 3 heterocycles. The van der Waals surface area contributed by atoms with Crippen LogP contribution in [0.25, 0.3) is 0 Å². The summed E-state index contributed by atoms with van der Waals surface area (Å²) in [5.74, 6) is 0.743. The zero-order chi connectivity index (χ0) is 13.9. The van der Waals surface area contributed by atoms with E-state index in [1.807, 2.05) is 17.9 Å².